The van der Waals surface area contributed by atoms with Crippen molar-refractivity contribution >= 4 is 57.4 Å². The predicted molar refractivity (Wildman–Crippen MR) is 176 cm³/mol. The number of rotatable bonds is 11. The topological polar surface area (TPSA) is 66.8 Å². The SMILES string of the molecule is COc1cccc2c(C(=O)NCc3ccc(Cl)c(Cl)c3)cn(CCCN3C4CCC3CN(CC(=O)c3ccc(F)c(Cl)c3)C4)c12. The zero-order valence-electron chi connectivity index (χ0n) is 24.9. The summed E-state index contributed by atoms with van der Waals surface area (Å²) in [5, 5.41) is 4.73. The van der Waals surface area contributed by atoms with E-state index < -0.39 is 5.82 Å². The van der Waals surface area contributed by atoms with Crippen LogP contribution >= 0.6 is 34.8 Å². The number of ether oxygens (including phenoxy) is 1. The molecule has 1 N–H and O–H groups in total. The van der Waals surface area contributed by atoms with Crippen LogP contribution in [0.5, 0.6) is 5.75 Å². The highest BCUT2D eigenvalue weighted by molar-refractivity contribution is 6.42. The lowest BCUT2D eigenvalue weighted by Crippen LogP contribution is -2.54. The summed E-state index contributed by atoms with van der Waals surface area (Å²) in [5.74, 6) is -0.0258. The van der Waals surface area contributed by atoms with E-state index in [1.54, 1.807) is 19.2 Å². The Morgan fingerprint density at radius 3 is 2.44 bits per heavy atom. The van der Waals surface area contributed by atoms with Gasteiger partial charge in [0.2, 0.25) is 0 Å². The number of benzene rings is 3. The van der Waals surface area contributed by atoms with Crippen LogP contribution < -0.4 is 10.1 Å². The van der Waals surface area contributed by atoms with Gasteiger partial charge in [-0.15, -0.1) is 0 Å². The number of carbonyl (C=O) groups is 2. The van der Waals surface area contributed by atoms with Gasteiger partial charge in [0.25, 0.3) is 5.91 Å². The first-order valence-electron chi connectivity index (χ1n) is 15.1. The first-order chi connectivity index (χ1) is 21.7. The van der Waals surface area contributed by atoms with Crippen LogP contribution in [0.3, 0.4) is 0 Å². The number of aromatic nitrogens is 1. The second-order valence-electron chi connectivity index (χ2n) is 11.7. The lowest BCUT2D eigenvalue weighted by Gasteiger charge is -2.41. The Morgan fingerprint density at radius 1 is 0.956 bits per heavy atom. The number of aryl methyl sites for hydroxylation is 1. The Bertz CT molecular complexity index is 1730. The van der Waals surface area contributed by atoms with Gasteiger partial charge in [0, 0.05) is 62.0 Å². The number of nitrogens with zero attached hydrogens (tertiary/aromatic N) is 3. The van der Waals surface area contributed by atoms with E-state index in [1.165, 1.54) is 18.2 Å². The lowest BCUT2D eigenvalue weighted by atomic mass is 10.1. The summed E-state index contributed by atoms with van der Waals surface area (Å²) in [4.78, 5) is 31.0. The molecule has 0 saturated carbocycles. The summed E-state index contributed by atoms with van der Waals surface area (Å²) in [6.45, 7) is 3.90. The third kappa shape index (κ3) is 6.86. The Hall–Kier alpha value is -3.14. The molecule has 7 nitrogen and oxygen atoms in total. The maximum absolute atomic E-state index is 13.6. The largest absolute Gasteiger partial charge is 0.495 e. The molecule has 2 aliphatic rings. The van der Waals surface area contributed by atoms with Crippen molar-refractivity contribution in [2.45, 2.75) is 44.4 Å². The van der Waals surface area contributed by atoms with Crippen LogP contribution in [0.4, 0.5) is 4.39 Å². The second-order valence-corrected chi connectivity index (χ2v) is 13.0. The van der Waals surface area contributed by atoms with Gasteiger partial charge >= 0.3 is 0 Å². The molecule has 45 heavy (non-hydrogen) atoms. The maximum atomic E-state index is 13.6. The number of nitrogens with one attached hydrogen (secondary N) is 1. The van der Waals surface area contributed by atoms with E-state index in [0.717, 1.165) is 67.7 Å². The third-order valence-corrected chi connectivity index (χ3v) is 9.92. The summed E-state index contributed by atoms with van der Waals surface area (Å²) in [7, 11) is 1.64. The number of halogens is 4. The number of likely N-dealkylation sites (tertiary alicyclic amines) is 1. The Balaban J connectivity index is 1.09. The van der Waals surface area contributed by atoms with Gasteiger partial charge in [-0.05, 0) is 61.2 Å². The Labute approximate surface area is 276 Å². The molecule has 6 rings (SSSR count). The van der Waals surface area contributed by atoms with Crippen LogP contribution in [-0.4, -0.2) is 71.4 Å². The highest BCUT2D eigenvalue weighted by atomic mass is 35.5. The summed E-state index contributed by atoms with van der Waals surface area (Å²) < 4.78 is 21.4. The number of para-hydroxylation sites is 1. The molecule has 0 aliphatic carbocycles. The van der Waals surface area contributed by atoms with Crippen molar-refractivity contribution in [2.24, 2.45) is 0 Å². The Morgan fingerprint density at radius 2 is 1.73 bits per heavy atom. The molecule has 1 aromatic heterocycles. The van der Waals surface area contributed by atoms with Gasteiger partial charge in [-0.1, -0.05) is 53.0 Å². The average Bonchev–Trinajstić information content (AvgIpc) is 3.52. The van der Waals surface area contributed by atoms with Crippen molar-refractivity contribution < 1.29 is 18.7 Å². The van der Waals surface area contributed by atoms with Gasteiger partial charge in [0.15, 0.2) is 5.78 Å². The van der Waals surface area contributed by atoms with Gasteiger partial charge in [0.05, 0.1) is 39.8 Å². The van der Waals surface area contributed by atoms with Crippen LogP contribution in [0, 0.1) is 5.82 Å². The summed E-state index contributed by atoms with van der Waals surface area (Å²) in [5.41, 5.74) is 2.78. The molecule has 2 atom stereocenters. The number of piperazine rings is 1. The molecule has 0 spiro atoms. The highest BCUT2D eigenvalue weighted by Crippen LogP contribution is 2.33. The van der Waals surface area contributed by atoms with Gasteiger partial charge in [-0.2, -0.15) is 0 Å². The van der Waals surface area contributed by atoms with E-state index in [0.29, 0.717) is 46.3 Å². The molecule has 11 heteroatoms. The van der Waals surface area contributed by atoms with Gasteiger partial charge in [-0.25, -0.2) is 4.39 Å². The second kappa shape index (κ2) is 13.7. The number of amides is 1. The fourth-order valence-electron chi connectivity index (χ4n) is 6.73. The van der Waals surface area contributed by atoms with E-state index in [-0.39, 0.29) is 16.7 Å². The molecule has 3 aromatic carbocycles. The van der Waals surface area contributed by atoms with Crippen LogP contribution in [0.15, 0.2) is 60.8 Å². The van der Waals surface area contributed by atoms with Crippen molar-refractivity contribution in [3.63, 3.8) is 0 Å². The van der Waals surface area contributed by atoms with Crippen LogP contribution in [0.1, 0.15) is 45.5 Å². The number of methoxy groups -OCH3 is 1. The van der Waals surface area contributed by atoms with Crippen molar-refractivity contribution in [1.29, 1.82) is 0 Å². The molecular formula is C34H34Cl3FN4O3. The molecule has 0 radical (unpaired) electrons. The summed E-state index contributed by atoms with van der Waals surface area (Å²) in [6.07, 6.45) is 5.01. The standard InChI is InChI=1S/C34H34Cl3FN4O3/c1-45-32-5-2-4-25-26(34(44)39-16-21-6-10-27(35)28(36)14-21)19-41(33(25)32)12-3-13-42-23-8-9-24(42)18-40(17-23)20-31(43)22-7-11-30(38)29(37)15-22/h2,4-7,10-11,14-15,19,23-24H,3,8-9,12-13,16-18,20H2,1H3,(H,39,44). The van der Waals surface area contributed by atoms with Crippen LogP contribution in [-0.2, 0) is 13.1 Å². The molecule has 4 aromatic rings. The monoisotopic (exact) mass is 670 g/mol. The minimum atomic E-state index is -0.523. The quantitative estimate of drug-likeness (QED) is 0.172. The van der Waals surface area contributed by atoms with Crippen molar-refractivity contribution in [3.8, 4) is 5.75 Å². The minimum Gasteiger partial charge on any atom is -0.495 e. The maximum Gasteiger partial charge on any atom is 0.253 e. The fourth-order valence-corrected chi connectivity index (χ4v) is 7.24. The van der Waals surface area contributed by atoms with E-state index in [9.17, 15) is 14.0 Å². The average molecular weight is 672 g/mol. The van der Waals surface area contributed by atoms with Crippen LogP contribution in [0.2, 0.25) is 15.1 Å². The van der Waals surface area contributed by atoms with Gasteiger partial charge in [0.1, 0.15) is 11.6 Å². The number of hydrogen-bond donors (Lipinski definition) is 1. The number of fused-ring (bicyclic) bond motifs is 3. The molecule has 2 saturated heterocycles. The normalized spacial score (nSPS) is 18.4. The van der Waals surface area contributed by atoms with Gasteiger partial charge < -0.3 is 14.6 Å². The van der Waals surface area contributed by atoms with Gasteiger partial charge in [-0.3, -0.25) is 19.4 Å². The molecule has 2 fully saturated rings. The van der Waals surface area contributed by atoms with E-state index in [2.05, 4.69) is 19.7 Å². The smallest absolute Gasteiger partial charge is 0.253 e. The Kier molecular flexibility index (Phi) is 9.68. The summed E-state index contributed by atoms with van der Waals surface area (Å²) >= 11 is 18.1. The molecular weight excluding hydrogens is 638 g/mol. The van der Waals surface area contributed by atoms with Crippen molar-refractivity contribution in [1.82, 2.24) is 19.7 Å². The zero-order chi connectivity index (χ0) is 31.7. The zero-order valence-corrected chi connectivity index (χ0v) is 27.1. The first kappa shape index (κ1) is 31.8. The highest BCUT2D eigenvalue weighted by Gasteiger charge is 2.39. The van der Waals surface area contributed by atoms with E-state index in [4.69, 9.17) is 39.5 Å². The predicted octanol–water partition coefficient (Wildman–Crippen LogP) is 7.10. The molecule has 236 valence electrons. The number of Topliss-reactive ketones (excluding diaryl/α,β-unsaturated/α-hetero) is 1. The molecule has 2 bridgehead atoms. The first-order valence-corrected chi connectivity index (χ1v) is 16.2. The van der Waals surface area contributed by atoms with Crippen molar-refractivity contribution in [3.05, 3.63) is 98.4 Å². The summed E-state index contributed by atoms with van der Waals surface area (Å²) in [6, 6.07) is 16.0. The van der Waals surface area contributed by atoms with Crippen molar-refractivity contribution in [2.75, 3.05) is 33.3 Å². The van der Waals surface area contributed by atoms with E-state index in [1.807, 2.05) is 30.5 Å². The number of ketones is 1. The fraction of sp³-hybridized carbons (Fsp3) is 0.353. The lowest BCUT2D eigenvalue weighted by molar-refractivity contribution is 0.0588. The van der Waals surface area contributed by atoms with Crippen LogP contribution in [0.25, 0.3) is 10.9 Å². The molecule has 1 amide bonds. The van der Waals surface area contributed by atoms with E-state index >= 15 is 0 Å². The molecule has 2 aliphatic heterocycles. The minimum absolute atomic E-state index is 0.0325. The number of hydrogen-bond acceptors (Lipinski definition) is 5. The molecule has 3 heterocycles. The third-order valence-electron chi connectivity index (χ3n) is 8.90. The number of carbonyl (C=O) groups excluding carboxylic acids is 2. The molecule has 2 unspecified atom stereocenters.